The van der Waals surface area contributed by atoms with E-state index < -0.39 is 17.4 Å². The summed E-state index contributed by atoms with van der Waals surface area (Å²) in [6.07, 6.45) is 1.17. The largest absolute Gasteiger partial charge is 0.416 e. The minimum atomic E-state index is -4.45. The third-order valence-electron chi connectivity index (χ3n) is 4.28. The van der Waals surface area contributed by atoms with E-state index in [1.165, 1.54) is 33.8 Å². The van der Waals surface area contributed by atoms with E-state index >= 15 is 0 Å². The minimum absolute atomic E-state index is 0.258. The summed E-state index contributed by atoms with van der Waals surface area (Å²) in [6.45, 7) is 2.46. The monoisotopic (exact) mass is 410 g/mol. The van der Waals surface area contributed by atoms with Crippen LogP contribution < -0.4 is 5.69 Å². The summed E-state index contributed by atoms with van der Waals surface area (Å²) >= 11 is 6.22. The molecule has 0 aliphatic rings. The molecule has 3 rings (SSSR count). The highest BCUT2D eigenvalue weighted by molar-refractivity contribution is 6.33. The first-order valence-corrected chi connectivity index (χ1v) is 9.18. The molecule has 9 heteroatoms. The van der Waals surface area contributed by atoms with Gasteiger partial charge in [0.05, 0.1) is 16.3 Å². The number of hydrogen-bond acceptors (Lipinski definition) is 3. The first-order valence-electron chi connectivity index (χ1n) is 8.80. The summed E-state index contributed by atoms with van der Waals surface area (Å²) in [7, 11) is 0. The smallest absolute Gasteiger partial charge is 0.263 e. The lowest BCUT2D eigenvalue weighted by Gasteiger charge is -2.09. The second-order valence-electron chi connectivity index (χ2n) is 6.27. The lowest BCUT2D eigenvalue weighted by Crippen LogP contribution is -2.24. The van der Waals surface area contributed by atoms with Gasteiger partial charge < -0.3 is 0 Å². The van der Waals surface area contributed by atoms with Gasteiger partial charge >= 0.3 is 11.9 Å². The van der Waals surface area contributed by atoms with E-state index in [4.69, 9.17) is 11.6 Å². The molecule has 0 spiro atoms. The van der Waals surface area contributed by atoms with Gasteiger partial charge in [-0.15, -0.1) is 5.10 Å². The van der Waals surface area contributed by atoms with Crippen molar-refractivity contribution in [2.24, 2.45) is 0 Å². The molecule has 0 amide bonds. The molecule has 2 heterocycles. The standard InChI is InChI=1S/C19H18ClF3N4O/c1-2-3-4-11-26-18(28)27(14-7-5-13(6-8-14)19(21,22)23)17(25-26)15-9-10-24-12-16(15)20/h5-10,12H,2-4,11H2,1H3. The Labute approximate surface area is 164 Å². The number of unbranched alkanes of at least 4 members (excludes halogenated alkanes) is 2. The number of aromatic nitrogens is 4. The molecule has 0 bridgehead atoms. The molecule has 1 aromatic carbocycles. The Bertz CT molecular complexity index is 1010. The number of rotatable bonds is 6. The number of aryl methyl sites for hydroxylation is 1. The second kappa shape index (κ2) is 8.18. The average Bonchev–Trinajstić information content (AvgIpc) is 2.98. The zero-order chi connectivity index (χ0) is 20.3. The third-order valence-corrected chi connectivity index (χ3v) is 4.58. The molecule has 0 saturated heterocycles. The Balaban J connectivity index is 2.13. The minimum Gasteiger partial charge on any atom is -0.263 e. The number of pyridine rings is 1. The van der Waals surface area contributed by atoms with Crippen LogP contribution in [0.25, 0.3) is 17.1 Å². The van der Waals surface area contributed by atoms with Crippen LogP contribution in [0, 0.1) is 0 Å². The normalized spacial score (nSPS) is 11.8. The summed E-state index contributed by atoms with van der Waals surface area (Å²) in [5, 5.41) is 4.69. The molecule has 28 heavy (non-hydrogen) atoms. The third kappa shape index (κ3) is 4.11. The summed E-state index contributed by atoms with van der Waals surface area (Å²) in [5.41, 5.74) is -0.465. The fraction of sp³-hybridized carbons (Fsp3) is 0.316. The van der Waals surface area contributed by atoms with Gasteiger partial charge in [-0.25, -0.2) is 14.0 Å². The SMILES string of the molecule is CCCCCn1nc(-c2ccncc2Cl)n(-c2ccc(C(F)(F)F)cc2)c1=O. The Kier molecular flexibility index (Phi) is 5.88. The molecular weight excluding hydrogens is 393 g/mol. The van der Waals surface area contributed by atoms with E-state index in [-0.39, 0.29) is 11.5 Å². The van der Waals surface area contributed by atoms with Crippen molar-refractivity contribution in [3.63, 3.8) is 0 Å². The predicted molar refractivity (Wildman–Crippen MR) is 101 cm³/mol. The Morgan fingerprint density at radius 1 is 1.11 bits per heavy atom. The maximum Gasteiger partial charge on any atom is 0.416 e. The van der Waals surface area contributed by atoms with Gasteiger partial charge in [-0.3, -0.25) is 4.98 Å². The highest BCUT2D eigenvalue weighted by Crippen LogP contribution is 2.31. The molecule has 0 radical (unpaired) electrons. The molecule has 0 unspecified atom stereocenters. The van der Waals surface area contributed by atoms with Gasteiger partial charge in [0.15, 0.2) is 5.82 Å². The summed E-state index contributed by atoms with van der Waals surface area (Å²) in [6, 6.07) is 5.99. The van der Waals surface area contributed by atoms with Gasteiger partial charge in [0.1, 0.15) is 0 Å². The van der Waals surface area contributed by atoms with Crippen molar-refractivity contribution >= 4 is 11.6 Å². The van der Waals surface area contributed by atoms with Crippen molar-refractivity contribution < 1.29 is 13.2 Å². The van der Waals surface area contributed by atoms with Crippen LogP contribution in [0.5, 0.6) is 0 Å². The van der Waals surface area contributed by atoms with Gasteiger partial charge in [0.2, 0.25) is 0 Å². The quantitative estimate of drug-likeness (QED) is 0.540. The van der Waals surface area contributed by atoms with E-state index in [9.17, 15) is 18.0 Å². The van der Waals surface area contributed by atoms with Crippen LogP contribution in [0.1, 0.15) is 31.7 Å². The van der Waals surface area contributed by atoms with Crippen LogP contribution in [0.15, 0.2) is 47.5 Å². The zero-order valence-electron chi connectivity index (χ0n) is 15.1. The molecule has 0 aliphatic heterocycles. The summed E-state index contributed by atoms with van der Waals surface area (Å²) in [4.78, 5) is 16.9. The predicted octanol–water partition coefficient (Wildman–Crippen LogP) is 4.96. The van der Waals surface area contributed by atoms with Gasteiger partial charge in [-0.05, 0) is 36.8 Å². The Hall–Kier alpha value is -2.61. The van der Waals surface area contributed by atoms with Gasteiger partial charge in [0, 0.05) is 24.5 Å². The van der Waals surface area contributed by atoms with Crippen molar-refractivity contribution in [3.8, 4) is 17.1 Å². The van der Waals surface area contributed by atoms with Gasteiger partial charge in [0.25, 0.3) is 0 Å². The van der Waals surface area contributed by atoms with E-state index in [1.54, 1.807) is 6.07 Å². The number of benzene rings is 1. The summed E-state index contributed by atoms with van der Waals surface area (Å²) < 4.78 is 41.2. The van der Waals surface area contributed by atoms with Crippen molar-refractivity contribution in [1.82, 2.24) is 19.3 Å². The molecule has 2 aromatic heterocycles. The fourth-order valence-electron chi connectivity index (χ4n) is 2.83. The van der Waals surface area contributed by atoms with Crippen LogP contribution in [-0.4, -0.2) is 19.3 Å². The Morgan fingerprint density at radius 2 is 1.82 bits per heavy atom. The highest BCUT2D eigenvalue weighted by Gasteiger charge is 2.30. The maximum absolute atomic E-state index is 12.9. The van der Waals surface area contributed by atoms with Crippen LogP contribution >= 0.6 is 11.6 Å². The van der Waals surface area contributed by atoms with Crippen molar-refractivity contribution in [2.75, 3.05) is 0 Å². The summed E-state index contributed by atoms with van der Waals surface area (Å²) in [5.74, 6) is 0.258. The van der Waals surface area contributed by atoms with E-state index in [2.05, 4.69) is 10.1 Å². The zero-order valence-corrected chi connectivity index (χ0v) is 15.8. The van der Waals surface area contributed by atoms with Crippen molar-refractivity contribution in [3.05, 3.63) is 63.8 Å². The first kappa shape index (κ1) is 20.1. The number of hydrogen-bond donors (Lipinski definition) is 0. The molecule has 0 fully saturated rings. The molecule has 148 valence electrons. The lowest BCUT2D eigenvalue weighted by molar-refractivity contribution is -0.137. The van der Waals surface area contributed by atoms with Crippen molar-refractivity contribution in [2.45, 2.75) is 38.9 Å². The number of nitrogens with zero attached hydrogens (tertiary/aromatic N) is 4. The molecule has 0 N–H and O–H groups in total. The van der Waals surface area contributed by atoms with E-state index in [0.29, 0.717) is 17.1 Å². The van der Waals surface area contributed by atoms with Crippen LogP contribution in [0.2, 0.25) is 5.02 Å². The van der Waals surface area contributed by atoms with Crippen LogP contribution in [0.3, 0.4) is 0 Å². The fourth-order valence-corrected chi connectivity index (χ4v) is 3.03. The number of alkyl halides is 3. The molecular formula is C19H18ClF3N4O. The van der Waals surface area contributed by atoms with E-state index in [1.807, 2.05) is 6.92 Å². The van der Waals surface area contributed by atoms with E-state index in [0.717, 1.165) is 31.4 Å². The average molecular weight is 411 g/mol. The van der Waals surface area contributed by atoms with Crippen molar-refractivity contribution in [1.29, 1.82) is 0 Å². The second-order valence-corrected chi connectivity index (χ2v) is 6.68. The molecule has 0 saturated carbocycles. The molecule has 3 aromatic rings. The topological polar surface area (TPSA) is 52.7 Å². The first-order chi connectivity index (χ1) is 13.3. The molecule has 0 atom stereocenters. The van der Waals surface area contributed by atoms with Gasteiger partial charge in [-0.2, -0.15) is 13.2 Å². The van der Waals surface area contributed by atoms with Crippen LogP contribution in [-0.2, 0) is 12.7 Å². The maximum atomic E-state index is 12.9. The molecule has 0 aliphatic carbocycles. The lowest BCUT2D eigenvalue weighted by atomic mass is 10.2. The molecule has 5 nitrogen and oxygen atoms in total. The Morgan fingerprint density at radius 3 is 2.43 bits per heavy atom. The van der Waals surface area contributed by atoms with Gasteiger partial charge in [-0.1, -0.05) is 31.4 Å². The number of halogens is 4. The van der Waals surface area contributed by atoms with Crippen LogP contribution in [0.4, 0.5) is 13.2 Å². The highest BCUT2D eigenvalue weighted by atomic mass is 35.5.